The molecular formula is C22H30BrFN4O2. The molecule has 6 nitrogen and oxygen atoms in total. The van der Waals surface area contributed by atoms with E-state index in [9.17, 15) is 4.39 Å². The van der Waals surface area contributed by atoms with E-state index < -0.39 is 0 Å². The Kier molecular flexibility index (Phi) is 6.75. The molecular weight excluding hydrogens is 451 g/mol. The van der Waals surface area contributed by atoms with Crippen LogP contribution in [-0.4, -0.2) is 41.1 Å². The fourth-order valence-corrected chi connectivity index (χ4v) is 4.51. The Hall–Kier alpha value is -1.51. The Morgan fingerprint density at radius 2 is 2.10 bits per heavy atom. The summed E-state index contributed by atoms with van der Waals surface area (Å²) in [6.07, 6.45) is 3.31. The zero-order valence-electron chi connectivity index (χ0n) is 17.9. The van der Waals surface area contributed by atoms with Crippen molar-refractivity contribution in [2.75, 3.05) is 25.2 Å². The number of aromatic nitrogens is 3. The van der Waals surface area contributed by atoms with Crippen LogP contribution < -0.4 is 4.90 Å². The first-order valence-corrected chi connectivity index (χ1v) is 11.5. The van der Waals surface area contributed by atoms with E-state index in [-0.39, 0.29) is 23.9 Å². The third-order valence-corrected chi connectivity index (χ3v) is 6.47. The quantitative estimate of drug-likeness (QED) is 0.519. The number of anilines is 1. The Labute approximate surface area is 185 Å². The van der Waals surface area contributed by atoms with E-state index in [0.717, 1.165) is 29.2 Å². The molecule has 1 saturated carbocycles. The molecule has 1 aromatic carbocycles. The van der Waals surface area contributed by atoms with Crippen LogP contribution in [0.15, 0.2) is 22.7 Å². The summed E-state index contributed by atoms with van der Waals surface area (Å²) in [4.78, 5) is 2.13. The number of methoxy groups -OCH3 is 1. The zero-order valence-corrected chi connectivity index (χ0v) is 19.4. The highest BCUT2D eigenvalue weighted by Crippen LogP contribution is 2.38. The molecule has 2 heterocycles. The van der Waals surface area contributed by atoms with Crippen LogP contribution in [0.2, 0.25) is 0 Å². The van der Waals surface area contributed by atoms with Crippen molar-refractivity contribution in [2.45, 2.75) is 58.3 Å². The van der Waals surface area contributed by atoms with Crippen LogP contribution in [0.4, 0.5) is 10.3 Å². The molecule has 2 aliphatic rings. The van der Waals surface area contributed by atoms with Gasteiger partial charge >= 0.3 is 0 Å². The smallest absolute Gasteiger partial charge is 0.227 e. The Bertz CT molecular complexity index is 871. The van der Waals surface area contributed by atoms with Crippen LogP contribution in [-0.2, 0) is 22.6 Å². The highest BCUT2D eigenvalue weighted by atomic mass is 79.9. The monoisotopic (exact) mass is 480 g/mol. The van der Waals surface area contributed by atoms with E-state index in [2.05, 4.69) is 49.4 Å². The molecule has 30 heavy (non-hydrogen) atoms. The summed E-state index contributed by atoms with van der Waals surface area (Å²) in [7, 11) is 1.72. The third kappa shape index (κ3) is 4.70. The predicted molar refractivity (Wildman–Crippen MR) is 117 cm³/mol. The molecule has 1 aliphatic heterocycles. The second-order valence-electron chi connectivity index (χ2n) is 8.67. The second-order valence-corrected chi connectivity index (χ2v) is 9.58. The van der Waals surface area contributed by atoms with E-state index in [1.54, 1.807) is 13.2 Å². The number of ether oxygens (including phenoxy) is 2. The average Bonchev–Trinajstić information content (AvgIpc) is 3.26. The lowest BCUT2D eigenvalue weighted by Crippen LogP contribution is -2.33. The molecule has 2 fully saturated rings. The van der Waals surface area contributed by atoms with Gasteiger partial charge in [-0.15, -0.1) is 10.2 Å². The lowest BCUT2D eigenvalue weighted by Gasteiger charge is -2.29. The molecule has 0 amide bonds. The molecule has 0 unspecified atom stereocenters. The van der Waals surface area contributed by atoms with Gasteiger partial charge < -0.3 is 14.4 Å². The largest absolute Gasteiger partial charge is 0.384 e. The van der Waals surface area contributed by atoms with Crippen LogP contribution in [0.1, 0.15) is 50.6 Å². The summed E-state index contributed by atoms with van der Waals surface area (Å²) in [5.74, 6) is 2.38. The van der Waals surface area contributed by atoms with Crippen LogP contribution in [0.3, 0.4) is 0 Å². The van der Waals surface area contributed by atoms with Gasteiger partial charge in [-0.1, -0.05) is 15.9 Å². The summed E-state index contributed by atoms with van der Waals surface area (Å²) >= 11 is 3.46. The van der Waals surface area contributed by atoms with E-state index >= 15 is 0 Å². The minimum atomic E-state index is -0.211. The minimum absolute atomic E-state index is 0.110. The Balaban J connectivity index is 1.68. The normalized spacial score (nSPS) is 21.5. The third-order valence-electron chi connectivity index (χ3n) is 5.98. The van der Waals surface area contributed by atoms with Gasteiger partial charge in [-0.3, -0.25) is 4.57 Å². The highest BCUT2D eigenvalue weighted by Gasteiger charge is 2.37. The molecule has 1 aromatic heterocycles. The molecule has 0 radical (unpaired) electrons. The second kappa shape index (κ2) is 9.32. The summed E-state index contributed by atoms with van der Waals surface area (Å²) in [6.45, 7) is 6.87. The van der Waals surface area contributed by atoms with Gasteiger partial charge in [0.05, 0.1) is 6.61 Å². The van der Waals surface area contributed by atoms with E-state index in [1.165, 1.54) is 18.9 Å². The van der Waals surface area contributed by atoms with Crippen molar-refractivity contribution >= 4 is 21.9 Å². The molecule has 0 bridgehead atoms. The summed E-state index contributed by atoms with van der Waals surface area (Å²) in [5.41, 5.74) is 0.634. The molecule has 164 valence electrons. The van der Waals surface area contributed by atoms with E-state index in [1.807, 2.05) is 6.07 Å². The number of nitrogens with zero attached hydrogens (tertiary/aromatic N) is 4. The first kappa shape index (κ1) is 21.7. The number of hydrogen-bond donors (Lipinski definition) is 0. The molecule has 0 spiro atoms. The first-order valence-electron chi connectivity index (χ1n) is 10.7. The van der Waals surface area contributed by atoms with Gasteiger partial charge in [0.25, 0.3) is 0 Å². The molecule has 0 N–H and O–H groups in total. The van der Waals surface area contributed by atoms with Gasteiger partial charge in [-0.05, 0) is 57.2 Å². The van der Waals surface area contributed by atoms with Gasteiger partial charge in [-0.2, -0.15) is 0 Å². The molecule has 8 heteroatoms. The molecule has 4 rings (SSSR count). The fraction of sp³-hybridized carbons (Fsp3) is 0.636. The Morgan fingerprint density at radius 1 is 1.30 bits per heavy atom. The van der Waals surface area contributed by atoms with E-state index in [4.69, 9.17) is 9.47 Å². The van der Waals surface area contributed by atoms with Crippen LogP contribution >= 0.6 is 15.9 Å². The molecule has 1 saturated heterocycles. The highest BCUT2D eigenvalue weighted by molar-refractivity contribution is 9.10. The summed E-state index contributed by atoms with van der Waals surface area (Å²) in [6, 6.07) is 5.19. The summed E-state index contributed by atoms with van der Waals surface area (Å²) in [5, 5.41) is 9.17. The van der Waals surface area contributed by atoms with Crippen LogP contribution in [0.5, 0.6) is 0 Å². The maximum absolute atomic E-state index is 14.5. The standard InChI is InChI=1S/C22H30BrFN4O2/c1-14(2)27(12-17-10-18(23)6-7-19(17)24)22-26-25-21(28(22)11-15-4-5-15)20-16(13-29-3)8-9-30-20/h6-7,10,14-16,20H,4-5,8-9,11-13H2,1-3H3/t16-,20-/m0/s1. The topological polar surface area (TPSA) is 52.4 Å². The lowest BCUT2D eigenvalue weighted by molar-refractivity contribution is 0.0509. The predicted octanol–water partition coefficient (Wildman–Crippen LogP) is 4.73. The number of benzene rings is 1. The van der Waals surface area contributed by atoms with Crippen molar-refractivity contribution in [1.82, 2.24) is 14.8 Å². The van der Waals surface area contributed by atoms with Crippen molar-refractivity contribution in [3.8, 4) is 0 Å². The maximum atomic E-state index is 14.5. The van der Waals surface area contributed by atoms with Crippen LogP contribution in [0.25, 0.3) is 0 Å². The van der Waals surface area contributed by atoms with Gasteiger partial charge in [0.1, 0.15) is 11.9 Å². The fourth-order valence-electron chi connectivity index (χ4n) is 4.10. The van der Waals surface area contributed by atoms with Gasteiger partial charge in [0.15, 0.2) is 5.82 Å². The van der Waals surface area contributed by atoms with Crippen molar-refractivity contribution in [3.05, 3.63) is 39.9 Å². The van der Waals surface area contributed by atoms with Crippen molar-refractivity contribution in [3.63, 3.8) is 0 Å². The van der Waals surface area contributed by atoms with Crippen LogP contribution in [0, 0.1) is 17.7 Å². The number of hydrogen-bond acceptors (Lipinski definition) is 5. The van der Waals surface area contributed by atoms with Gasteiger partial charge in [0, 0.05) is 48.8 Å². The average molecular weight is 481 g/mol. The van der Waals surface area contributed by atoms with Crippen molar-refractivity contribution in [1.29, 1.82) is 0 Å². The van der Waals surface area contributed by atoms with Crippen molar-refractivity contribution < 1.29 is 13.9 Å². The minimum Gasteiger partial charge on any atom is -0.384 e. The zero-order chi connectivity index (χ0) is 21.3. The summed E-state index contributed by atoms with van der Waals surface area (Å²) < 4.78 is 29.1. The lowest BCUT2D eigenvalue weighted by atomic mass is 10.0. The first-order chi connectivity index (χ1) is 14.5. The Morgan fingerprint density at radius 3 is 2.80 bits per heavy atom. The maximum Gasteiger partial charge on any atom is 0.227 e. The molecule has 2 aromatic rings. The van der Waals surface area contributed by atoms with Gasteiger partial charge in [0.2, 0.25) is 5.95 Å². The van der Waals surface area contributed by atoms with Gasteiger partial charge in [-0.25, -0.2) is 4.39 Å². The van der Waals surface area contributed by atoms with Crippen molar-refractivity contribution in [2.24, 2.45) is 11.8 Å². The molecule has 2 atom stereocenters. The SMILES string of the molecule is COC[C@@H]1CCO[C@@H]1c1nnc(N(Cc2cc(Br)ccc2F)C(C)C)n1CC1CC1. The van der Waals surface area contributed by atoms with E-state index in [0.29, 0.717) is 31.2 Å². The molecule has 1 aliphatic carbocycles. The number of halogens is 2. The number of rotatable bonds is 9.